The molecule has 0 saturated carbocycles. The van der Waals surface area contributed by atoms with E-state index in [1.54, 1.807) is 84.8 Å². The number of methoxy groups -OCH3 is 1. The number of carbonyl (C=O) groups excluding carboxylic acids is 3. The summed E-state index contributed by atoms with van der Waals surface area (Å²) >= 11 is 0. The number of hydrogen-bond acceptors (Lipinski definition) is 15. The first-order chi connectivity index (χ1) is 45.3. The number of rotatable bonds is 18. The molecule has 24 heteroatoms. The first-order valence-corrected chi connectivity index (χ1v) is 29.7. The van der Waals surface area contributed by atoms with Crippen molar-refractivity contribution in [3.05, 3.63) is 211 Å². The minimum Gasteiger partial charge on any atom is -0.497 e. The van der Waals surface area contributed by atoms with Crippen molar-refractivity contribution in [3.8, 4) is 39.5 Å². The van der Waals surface area contributed by atoms with Crippen LogP contribution in [0.15, 0.2) is 183 Å². The SMILES string of the molecule is COc1cccc(N(CCO)C(=O)Nc2ccc(-c3ncnc4[nH]cc(C)c34)cc2)c1.Cc1c[nH]c2ncnc(-c3ccc(NC(=O)N(CCN)c4ccc(CO)cc4)cc3)c12.Cc1c[nH]c2ncnc(-c3ccc(NC(=O)N(CCO)c4ccc(CO)cc4)cc3)c12. The number of ether oxygens (including phenoxy) is 1. The molecule has 24 nitrogen and oxygen atoms in total. The standard InChI is InChI=1S/C23H24N6O2.2C23H23N5O3/c1-15-12-25-22-20(15)21(26-14-27-22)17-4-6-18(7-5-17)28-23(31)29(11-10-24)19-8-2-16(13-30)3-9-19;1-15-12-24-22-20(15)21(25-14-26-22)17-4-6-18(7-5-17)27-23(31)28(10-11-29)19-8-2-16(13-30)3-9-19;1-15-13-24-22-20(15)21(25-14-26-22)16-6-8-17(9-7-16)27-23(30)28(10-11-29)18-4-3-5-19(12-18)31-2/h2-9,12,14,30H,10-11,13,24H2,1H3,(H,28,31)(H,25,26,27);2-9,12,14,29-30H,10-11,13H2,1H3,(H,27,31)(H,24,25,26);3-9,12-14,29H,10-11H2,1-2H3,(H,27,30)(H,24,25,26). The van der Waals surface area contributed by atoms with E-state index >= 15 is 0 Å². The molecule has 0 radical (unpaired) electrons. The Morgan fingerprint density at radius 1 is 0.452 bits per heavy atom. The van der Waals surface area contributed by atoms with E-state index < -0.39 is 0 Å². The Morgan fingerprint density at radius 3 is 1.12 bits per heavy atom. The molecule has 0 aliphatic carbocycles. The second kappa shape index (κ2) is 30.4. The van der Waals surface area contributed by atoms with Crippen molar-refractivity contribution in [2.75, 3.05) is 77.2 Å². The summed E-state index contributed by atoms with van der Waals surface area (Å²) in [4.78, 5) is 78.6. The van der Waals surface area contributed by atoms with Gasteiger partial charge in [-0.1, -0.05) is 66.7 Å². The van der Waals surface area contributed by atoms with Gasteiger partial charge in [0, 0.05) is 105 Å². The third-order valence-electron chi connectivity index (χ3n) is 15.2. The number of urea groups is 3. The van der Waals surface area contributed by atoms with E-state index in [-0.39, 0.29) is 57.6 Å². The molecule has 12 rings (SSSR count). The van der Waals surface area contributed by atoms with Gasteiger partial charge in [-0.25, -0.2) is 44.3 Å². The fourth-order valence-electron chi connectivity index (χ4n) is 10.4. The van der Waals surface area contributed by atoms with Gasteiger partial charge in [-0.3, -0.25) is 14.7 Å². The maximum Gasteiger partial charge on any atom is 0.326 e. The zero-order valence-electron chi connectivity index (χ0n) is 51.5. The maximum atomic E-state index is 12.9. The lowest BCUT2D eigenvalue weighted by atomic mass is 10.1. The normalized spacial score (nSPS) is 10.9. The predicted octanol–water partition coefficient (Wildman–Crippen LogP) is 10.9. The number of fused-ring (bicyclic) bond motifs is 3. The molecular weight excluding hydrogens is 1180 g/mol. The highest BCUT2D eigenvalue weighted by atomic mass is 16.5. The van der Waals surface area contributed by atoms with Crippen molar-refractivity contribution >= 4 is 85.3 Å². The summed E-state index contributed by atoms with van der Waals surface area (Å²) in [6.07, 6.45) is 10.3. The van der Waals surface area contributed by atoms with Crippen molar-refractivity contribution in [2.45, 2.75) is 34.0 Å². The Hall–Kier alpha value is -11.4. The summed E-state index contributed by atoms with van der Waals surface area (Å²) in [5.41, 5.74) is 22.0. The van der Waals surface area contributed by atoms with Crippen molar-refractivity contribution in [1.29, 1.82) is 0 Å². The molecule has 12 N–H and O–H groups in total. The molecule has 6 aromatic carbocycles. The van der Waals surface area contributed by atoms with E-state index in [1.807, 2.05) is 112 Å². The summed E-state index contributed by atoms with van der Waals surface area (Å²) in [5, 5.41) is 48.8. The highest BCUT2D eigenvalue weighted by molar-refractivity contribution is 6.04. The van der Waals surface area contributed by atoms with Crippen LogP contribution in [0.25, 0.3) is 66.9 Å². The van der Waals surface area contributed by atoms with Gasteiger partial charge in [-0.15, -0.1) is 0 Å². The van der Waals surface area contributed by atoms with Crippen LogP contribution in [0, 0.1) is 20.8 Å². The molecule has 0 fully saturated rings. The van der Waals surface area contributed by atoms with Crippen LogP contribution in [0.5, 0.6) is 5.75 Å². The molecule has 0 aliphatic rings. The number of aryl methyl sites for hydroxylation is 3. The lowest BCUT2D eigenvalue weighted by molar-refractivity contribution is 0.251. The number of H-pyrrole nitrogens is 3. The molecule has 0 unspecified atom stereocenters. The Balaban J connectivity index is 0.000000153. The number of carbonyl (C=O) groups is 3. The lowest BCUT2D eigenvalue weighted by Crippen LogP contribution is -2.38. The number of aliphatic hydroxyl groups is 4. The maximum absolute atomic E-state index is 12.9. The van der Waals surface area contributed by atoms with Gasteiger partial charge in [0.2, 0.25) is 0 Å². The molecule has 0 saturated heterocycles. The largest absolute Gasteiger partial charge is 0.497 e. The van der Waals surface area contributed by atoms with Crippen LogP contribution >= 0.6 is 0 Å². The zero-order valence-corrected chi connectivity index (χ0v) is 51.5. The number of nitrogens with zero attached hydrogens (tertiary/aromatic N) is 9. The van der Waals surface area contributed by atoms with Crippen LogP contribution in [0.4, 0.5) is 48.5 Å². The first-order valence-electron chi connectivity index (χ1n) is 29.7. The summed E-state index contributed by atoms with van der Waals surface area (Å²) in [6, 6.07) is 42.7. The van der Waals surface area contributed by atoms with E-state index in [2.05, 4.69) is 60.8 Å². The predicted molar refractivity (Wildman–Crippen MR) is 362 cm³/mol. The fourth-order valence-corrected chi connectivity index (χ4v) is 10.4. The van der Waals surface area contributed by atoms with Crippen LogP contribution in [0.1, 0.15) is 27.8 Å². The van der Waals surface area contributed by atoms with Gasteiger partial charge in [0.1, 0.15) is 41.7 Å². The van der Waals surface area contributed by atoms with Crippen LogP contribution in [0.2, 0.25) is 0 Å². The minimum absolute atomic E-state index is 0.0450. The summed E-state index contributed by atoms with van der Waals surface area (Å²) in [7, 11) is 1.57. The number of aromatic nitrogens is 9. The second-order valence-electron chi connectivity index (χ2n) is 21.3. The van der Waals surface area contributed by atoms with E-state index in [4.69, 9.17) is 10.5 Å². The van der Waals surface area contributed by atoms with E-state index in [9.17, 15) is 34.8 Å². The smallest absolute Gasteiger partial charge is 0.326 e. The van der Waals surface area contributed by atoms with E-state index in [0.717, 1.165) is 94.7 Å². The summed E-state index contributed by atoms with van der Waals surface area (Å²) in [5.74, 6) is 0.633. The Morgan fingerprint density at radius 2 is 0.796 bits per heavy atom. The topological polar surface area (TPSA) is 338 Å². The minimum atomic E-state index is -0.357. The van der Waals surface area contributed by atoms with Gasteiger partial charge in [-0.2, -0.15) is 0 Å². The average molecular weight is 1250 g/mol. The molecule has 0 spiro atoms. The molecule has 0 atom stereocenters. The third kappa shape index (κ3) is 15.3. The molecular formula is C69H70N16O8. The first kappa shape index (κ1) is 64.6. The van der Waals surface area contributed by atoms with Gasteiger partial charge in [-0.05, 0) is 121 Å². The molecule has 0 aliphatic heterocycles. The number of nitrogens with one attached hydrogen (secondary N) is 6. The summed E-state index contributed by atoms with van der Waals surface area (Å²) < 4.78 is 5.24. The monoisotopic (exact) mass is 1250 g/mol. The number of anilines is 6. The average Bonchev–Trinajstić information content (AvgIpc) is 1.77. The number of hydrogen-bond donors (Lipinski definition) is 11. The number of amides is 6. The second-order valence-corrected chi connectivity index (χ2v) is 21.3. The molecule has 12 aromatic rings. The highest BCUT2D eigenvalue weighted by Gasteiger charge is 2.21. The van der Waals surface area contributed by atoms with Crippen LogP contribution in [0.3, 0.4) is 0 Å². The number of aromatic amines is 3. The van der Waals surface area contributed by atoms with Crippen LogP contribution in [-0.4, -0.2) is 130 Å². The van der Waals surface area contributed by atoms with Crippen molar-refractivity contribution < 1.29 is 39.5 Å². The molecule has 93 heavy (non-hydrogen) atoms. The zero-order chi connectivity index (χ0) is 65.4. The van der Waals surface area contributed by atoms with Crippen molar-refractivity contribution in [2.24, 2.45) is 5.73 Å². The number of nitrogens with two attached hydrogens (primary N) is 1. The summed E-state index contributed by atoms with van der Waals surface area (Å²) in [6.45, 7) is 6.57. The Kier molecular flexibility index (Phi) is 21.1. The van der Waals surface area contributed by atoms with Crippen molar-refractivity contribution in [1.82, 2.24) is 44.9 Å². The van der Waals surface area contributed by atoms with Gasteiger partial charge in [0.05, 0.1) is 63.7 Å². The van der Waals surface area contributed by atoms with Gasteiger partial charge in [0.25, 0.3) is 0 Å². The Labute approximate surface area is 534 Å². The number of benzene rings is 6. The molecule has 6 heterocycles. The highest BCUT2D eigenvalue weighted by Crippen LogP contribution is 2.33. The number of aliphatic hydroxyl groups excluding tert-OH is 4. The van der Waals surface area contributed by atoms with Crippen LogP contribution in [-0.2, 0) is 13.2 Å². The van der Waals surface area contributed by atoms with E-state index in [0.29, 0.717) is 53.0 Å². The van der Waals surface area contributed by atoms with Gasteiger partial charge >= 0.3 is 18.1 Å². The quantitative estimate of drug-likeness (QED) is 0.0380. The fraction of sp³-hybridized carbons (Fsp3) is 0.174. The molecule has 6 aromatic heterocycles. The van der Waals surface area contributed by atoms with Crippen molar-refractivity contribution in [3.63, 3.8) is 0 Å². The molecule has 474 valence electrons. The lowest BCUT2D eigenvalue weighted by Gasteiger charge is -2.23. The third-order valence-corrected chi connectivity index (χ3v) is 15.2. The molecule has 0 bridgehead atoms. The van der Waals surface area contributed by atoms with E-state index in [1.165, 1.54) is 28.8 Å². The van der Waals surface area contributed by atoms with Crippen LogP contribution < -0.4 is 41.1 Å². The molecule has 6 amide bonds. The van der Waals surface area contributed by atoms with Gasteiger partial charge in [0.15, 0.2) is 0 Å². The Bertz CT molecular complexity index is 4290. The van der Waals surface area contributed by atoms with Gasteiger partial charge < -0.3 is 61.8 Å².